The molecular formula is C10H8F3N3O. The molecule has 0 spiro atoms. The second kappa shape index (κ2) is 3.76. The van der Waals surface area contributed by atoms with Crippen LogP contribution >= 0.6 is 0 Å². The van der Waals surface area contributed by atoms with Gasteiger partial charge in [-0.05, 0) is 30.7 Å². The maximum absolute atomic E-state index is 12.2. The molecule has 0 aliphatic carbocycles. The van der Waals surface area contributed by atoms with Crippen molar-refractivity contribution in [3.63, 3.8) is 0 Å². The molecule has 7 heteroatoms. The van der Waals surface area contributed by atoms with Gasteiger partial charge in [-0.3, -0.25) is 0 Å². The van der Waals surface area contributed by atoms with Gasteiger partial charge in [0, 0.05) is 11.3 Å². The van der Waals surface area contributed by atoms with Crippen molar-refractivity contribution < 1.29 is 17.6 Å². The van der Waals surface area contributed by atoms with Gasteiger partial charge in [0.2, 0.25) is 5.89 Å². The third-order valence-corrected chi connectivity index (χ3v) is 2.18. The molecule has 4 nitrogen and oxygen atoms in total. The molecule has 0 atom stereocenters. The van der Waals surface area contributed by atoms with Crippen LogP contribution in [0.2, 0.25) is 0 Å². The SMILES string of the molecule is Cc1cc(-c2nnc(C(F)(F)F)o2)ccc1N. The van der Waals surface area contributed by atoms with E-state index in [0.29, 0.717) is 11.3 Å². The van der Waals surface area contributed by atoms with E-state index in [0.717, 1.165) is 5.56 Å². The Bertz CT molecular complexity index is 548. The molecule has 2 rings (SSSR count). The molecule has 0 aliphatic rings. The predicted molar refractivity (Wildman–Crippen MR) is 53.9 cm³/mol. The van der Waals surface area contributed by atoms with Gasteiger partial charge in [-0.15, -0.1) is 10.2 Å². The van der Waals surface area contributed by atoms with Crippen molar-refractivity contribution in [1.82, 2.24) is 10.2 Å². The second-order valence-electron chi connectivity index (χ2n) is 3.48. The number of nitrogens with two attached hydrogens (primary N) is 1. The molecule has 0 bridgehead atoms. The molecule has 0 saturated heterocycles. The Hall–Kier alpha value is -2.05. The van der Waals surface area contributed by atoms with Gasteiger partial charge >= 0.3 is 12.1 Å². The van der Waals surface area contributed by atoms with E-state index in [1.54, 1.807) is 19.1 Å². The van der Waals surface area contributed by atoms with Gasteiger partial charge in [0.1, 0.15) is 0 Å². The van der Waals surface area contributed by atoms with Crippen LogP contribution in [-0.2, 0) is 6.18 Å². The first-order valence-corrected chi connectivity index (χ1v) is 4.65. The monoisotopic (exact) mass is 243 g/mol. The fourth-order valence-corrected chi connectivity index (χ4v) is 1.26. The molecule has 0 radical (unpaired) electrons. The summed E-state index contributed by atoms with van der Waals surface area (Å²) >= 11 is 0. The first-order valence-electron chi connectivity index (χ1n) is 4.65. The number of anilines is 1. The number of alkyl halides is 3. The van der Waals surface area contributed by atoms with E-state index >= 15 is 0 Å². The molecule has 1 aromatic carbocycles. The largest absolute Gasteiger partial charge is 0.470 e. The van der Waals surface area contributed by atoms with Crippen LogP contribution in [0.5, 0.6) is 0 Å². The minimum Gasteiger partial charge on any atom is -0.413 e. The van der Waals surface area contributed by atoms with Crippen molar-refractivity contribution in [1.29, 1.82) is 0 Å². The van der Waals surface area contributed by atoms with Gasteiger partial charge in [0.05, 0.1) is 0 Å². The Balaban J connectivity index is 2.40. The molecule has 0 aliphatic heterocycles. The van der Waals surface area contributed by atoms with E-state index in [1.165, 1.54) is 6.07 Å². The minimum absolute atomic E-state index is 0.180. The van der Waals surface area contributed by atoms with E-state index < -0.39 is 12.1 Å². The van der Waals surface area contributed by atoms with Crippen LogP contribution in [0.1, 0.15) is 11.5 Å². The molecule has 1 aromatic heterocycles. The Morgan fingerprint density at radius 3 is 2.47 bits per heavy atom. The van der Waals surface area contributed by atoms with Crippen LogP contribution in [0.3, 0.4) is 0 Å². The summed E-state index contributed by atoms with van der Waals surface area (Å²) in [6.07, 6.45) is -4.63. The zero-order valence-corrected chi connectivity index (χ0v) is 8.75. The molecule has 90 valence electrons. The fraction of sp³-hybridized carbons (Fsp3) is 0.200. The van der Waals surface area contributed by atoms with Gasteiger partial charge < -0.3 is 10.2 Å². The lowest BCUT2D eigenvalue weighted by Crippen LogP contribution is -2.04. The van der Waals surface area contributed by atoms with Gasteiger partial charge in [0.15, 0.2) is 0 Å². The first kappa shape index (κ1) is 11.4. The predicted octanol–water partition coefficient (Wildman–Crippen LogP) is 2.65. The molecule has 17 heavy (non-hydrogen) atoms. The van der Waals surface area contributed by atoms with E-state index in [-0.39, 0.29) is 5.89 Å². The normalized spacial score (nSPS) is 11.8. The molecule has 0 saturated carbocycles. The highest BCUT2D eigenvalue weighted by Gasteiger charge is 2.38. The van der Waals surface area contributed by atoms with Crippen molar-refractivity contribution >= 4 is 5.69 Å². The van der Waals surface area contributed by atoms with Crippen LogP contribution in [0.4, 0.5) is 18.9 Å². The highest BCUT2D eigenvalue weighted by molar-refractivity contribution is 5.60. The Labute approximate surface area is 94.3 Å². The van der Waals surface area contributed by atoms with Crippen LogP contribution in [0.25, 0.3) is 11.5 Å². The average molecular weight is 243 g/mol. The van der Waals surface area contributed by atoms with Crippen molar-refractivity contribution in [3.05, 3.63) is 29.7 Å². The third kappa shape index (κ3) is 2.22. The maximum atomic E-state index is 12.2. The van der Waals surface area contributed by atoms with E-state index in [9.17, 15) is 13.2 Å². The van der Waals surface area contributed by atoms with Gasteiger partial charge in [-0.25, -0.2) is 0 Å². The number of nitrogen functional groups attached to an aromatic ring is 1. The third-order valence-electron chi connectivity index (χ3n) is 2.18. The quantitative estimate of drug-likeness (QED) is 0.782. The van der Waals surface area contributed by atoms with Crippen molar-refractivity contribution in [2.24, 2.45) is 0 Å². The highest BCUT2D eigenvalue weighted by Crippen LogP contribution is 2.30. The summed E-state index contributed by atoms with van der Waals surface area (Å²) in [7, 11) is 0. The van der Waals surface area contributed by atoms with Crippen molar-refractivity contribution in [2.75, 3.05) is 5.73 Å². The Kier molecular flexibility index (Phi) is 2.53. The van der Waals surface area contributed by atoms with Gasteiger partial charge in [-0.2, -0.15) is 13.2 Å². The maximum Gasteiger partial charge on any atom is 0.470 e. The number of aryl methyl sites for hydroxylation is 1. The number of benzene rings is 1. The number of halogens is 3. The summed E-state index contributed by atoms with van der Waals surface area (Å²) in [4.78, 5) is 0. The first-order chi connectivity index (χ1) is 7.88. The summed E-state index contributed by atoms with van der Waals surface area (Å²) in [5.41, 5.74) is 7.27. The minimum atomic E-state index is -4.63. The van der Waals surface area contributed by atoms with Crippen LogP contribution in [0.15, 0.2) is 22.6 Å². The number of hydrogen-bond acceptors (Lipinski definition) is 4. The van der Waals surface area contributed by atoms with Crippen molar-refractivity contribution in [2.45, 2.75) is 13.1 Å². The summed E-state index contributed by atoms with van der Waals surface area (Å²) in [6, 6.07) is 4.68. The summed E-state index contributed by atoms with van der Waals surface area (Å²) in [5.74, 6) is -1.54. The van der Waals surface area contributed by atoms with Crippen LogP contribution in [0, 0.1) is 6.92 Å². The molecule has 1 heterocycles. The molecule has 0 fully saturated rings. The zero-order valence-electron chi connectivity index (χ0n) is 8.75. The van der Waals surface area contributed by atoms with E-state index in [2.05, 4.69) is 14.6 Å². The molecular weight excluding hydrogens is 235 g/mol. The van der Waals surface area contributed by atoms with Gasteiger partial charge in [-0.1, -0.05) is 0 Å². The standard InChI is InChI=1S/C10H8F3N3O/c1-5-4-6(2-3-7(5)14)8-15-16-9(17-8)10(11,12)13/h2-4H,14H2,1H3. The average Bonchev–Trinajstić information content (AvgIpc) is 2.70. The highest BCUT2D eigenvalue weighted by atomic mass is 19.4. The Morgan fingerprint density at radius 2 is 1.94 bits per heavy atom. The van der Waals surface area contributed by atoms with Crippen molar-refractivity contribution in [3.8, 4) is 11.5 Å². The number of rotatable bonds is 1. The lowest BCUT2D eigenvalue weighted by molar-refractivity contribution is -0.156. The Morgan fingerprint density at radius 1 is 1.24 bits per heavy atom. The molecule has 0 amide bonds. The summed E-state index contributed by atoms with van der Waals surface area (Å²) in [5, 5.41) is 6.29. The number of nitrogens with zero attached hydrogens (tertiary/aromatic N) is 2. The smallest absolute Gasteiger partial charge is 0.413 e. The molecule has 2 N–H and O–H groups in total. The van der Waals surface area contributed by atoms with Crippen LogP contribution in [-0.4, -0.2) is 10.2 Å². The topological polar surface area (TPSA) is 64.9 Å². The van der Waals surface area contributed by atoms with Crippen LogP contribution < -0.4 is 5.73 Å². The lowest BCUT2D eigenvalue weighted by atomic mass is 10.1. The van der Waals surface area contributed by atoms with E-state index in [4.69, 9.17) is 5.73 Å². The summed E-state index contributed by atoms with van der Waals surface area (Å²) in [6.45, 7) is 1.74. The fourth-order valence-electron chi connectivity index (χ4n) is 1.26. The zero-order chi connectivity index (χ0) is 12.6. The number of aromatic nitrogens is 2. The molecule has 0 unspecified atom stereocenters. The van der Waals surface area contributed by atoms with E-state index in [1.807, 2.05) is 0 Å². The number of hydrogen-bond donors (Lipinski definition) is 1. The summed E-state index contributed by atoms with van der Waals surface area (Å²) < 4.78 is 41.3. The lowest BCUT2D eigenvalue weighted by Gasteiger charge is -2.01. The second-order valence-corrected chi connectivity index (χ2v) is 3.48. The molecule has 2 aromatic rings. The van der Waals surface area contributed by atoms with Gasteiger partial charge in [0.25, 0.3) is 0 Å².